The molecule has 4 aromatic rings. The summed E-state index contributed by atoms with van der Waals surface area (Å²) in [5.74, 6) is 0.824. The van der Waals surface area contributed by atoms with Gasteiger partial charge in [0.1, 0.15) is 12.4 Å². The van der Waals surface area contributed by atoms with Crippen LogP contribution in [0.15, 0.2) is 77.9 Å². The molecule has 0 heterocycles. The second-order valence-electron chi connectivity index (χ2n) is 7.92. The summed E-state index contributed by atoms with van der Waals surface area (Å²) in [6.45, 7) is 2.39. The summed E-state index contributed by atoms with van der Waals surface area (Å²) in [6, 6.07) is 24.0. The average molecular weight is 514 g/mol. The highest BCUT2D eigenvalue weighted by molar-refractivity contribution is 6.32. The molecular weight excluding hydrogens is 490 g/mol. The van der Waals surface area contributed by atoms with Gasteiger partial charge < -0.3 is 14.2 Å². The number of rotatable bonds is 9. The first-order valence-electron chi connectivity index (χ1n) is 11.5. The van der Waals surface area contributed by atoms with E-state index in [4.69, 9.17) is 25.8 Å². The topological polar surface area (TPSA) is 92.9 Å². The molecule has 37 heavy (non-hydrogen) atoms. The first kappa shape index (κ1) is 25.5. The lowest BCUT2D eigenvalue weighted by molar-refractivity contribution is 0.0952. The Kier molecular flexibility index (Phi) is 8.24. The van der Waals surface area contributed by atoms with E-state index in [1.165, 1.54) is 13.3 Å². The van der Waals surface area contributed by atoms with E-state index in [2.05, 4.69) is 16.6 Å². The lowest BCUT2D eigenvalue weighted by Gasteiger charge is -2.15. The van der Waals surface area contributed by atoms with E-state index in [0.29, 0.717) is 45.6 Å². The number of hydrogen-bond acceptors (Lipinski definition) is 6. The molecule has 0 radical (unpaired) electrons. The minimum atomic E-state index is -0.411. The normalized spacial score (nSPS) is 10.8. The molecule has 0 saturated carbocycles. The number of halogens is 1. The van der Waals surface area contributed by atoms with Crippen molar-refractivity contribution in [3.05, 3.63) is 100 Å². The first-order chi connectivity index (χ1) is 18.0. The lowest BCUT2D eigenvalue weighted by atomic mass is 10.1. The van der Waals surface area contributed by atoms with Crippen LogP contribution in [0.2, 0.25) is 5.02 Å². The van der Waals surface area contributed by atoms with E-state index >= 15 is 0 Å². The van der Waals surface area contributed by atoms with Crippen LogP contribution in [0.4, 0.5) is 0 Å². The summed E-state index contributed by atoms with van der Waals surface area (Å²) in [7, 11) is 1.52. The highest BCUT2D eigenvalue weighted by Gasteiger charge is 2.15. The molecule has 0 aromatic heterocycles. The van der Waals surface area contributed by atoms with Crippen LogP contribution in [-0.4, -0.2) is 25.8 Å². The number of hydrazone groups is 1. The molecule has 4 aromatic carbocycles. The van der Waals surface area contributed by atoms with Crippen molar-refractivity contribution in [1.82, 2.24) is 5.43 Å². The molecule has 0 unspecified atom stereocenters. The van der Waals surface area contributed by atoms with Crippen molar-refractivity contribution >= 4 is 34.5 Å². The van der Waals surface area contributed by atoms with Crippen LogP contribution in [0.3, 0.4) is 0 Å². The van der Waals surface area contributed by atoms with Gasteiger partial charge in [-0.2, -0.15) is 10.4 Å². The summed E-state index contributed by atoms with van der Waals surface area (Å²) >= 11 is 6.51. The van der Waals surface area contributed by atoms with Crippen molar-refractivity contribution in [1.29, 1.82) is 5.26 Å². The van der Waals surface area contributed by atoms with Gasteiger partial charge >= 0.3 is 0 Å². The van der Waals surface area contributed by atoms with Crippen LogP contribution in [0.25, 0.3) is 10.8 Å². The second kappa shape index (κ2) is 11.9. The van der Waals surface area contributed by atoms with Crippen molar-refractivity contribution in [2.45, 2.75) is 13.5 Å². The SMILES string of the molecule is CCOc1cc(/C=N\NC(=O)c2cc3ccccc3cc2OC)cc(Cl)c1OCc1ccccc1C#N. The van der Waals surface area contributed by atoms with Gasteiger partial charge in [-0.15, -0.1) is 0 Å². The molecule has 0 aliphatic carbocycles. The maximum absolute atomic E-state index is 12.8. The van der Waals surface area contributed by atoms with Crippen LogP contribution in [0.1, 0.15) is 34.0 Å². The number of fused-ring (bicyclic) bond motifs is 1. The molecule has 186 valence electrons. The van der Waals surface area contributed by atoms with E-state index in [1.54, 1.807) is 30.3 Å². The van der Waals surface area contributed by atoms with Crippen molar-refractivity contribution in [2.75, 3.05) is 13.7 Å². The third-order valence-electron chi connectivity index (χ3n) is 5.53. The van der Waals surface area contributed by atoms with Gasteiger partial charge in [-0.1, -0.05) is 54.1 Å². The molecule has 7 nitrogen and oxygen atoms in total. The number of carbonyl (C=O) groups is 1. The molecule has 1 N–H and O–H groups in total. The van der Waals surface area contributed by atoms with E-state index in [0.717, 1.165) is 16.3 Å². The number of carbonyl (C=O) groups excluding carboxylic acids is 1. The zero-order valence-corrected chi connectivity index (χ0v) is 21.1. The monoisotopic (exact) mass is 513 g/mol. The minimum absolute atomic E-state index is 0.153. The predicted molar refractivity (Wildman–Crippen MR) is 144 cm³/mol. The highest BCUT2D eigenvalue weighted by Crippen LogP contribution is 2.37. The van der Waals surface area contributed by atoms with Crippen LogP contribution in [-0.2, 0) is 6.61 Å². The van der Waals surface area contributed by atoms with Crippen molar-refractivity contribution in [2.24, 2.45) is 5.10 Å². The van der Waals surface area contributed by atoms with Crippen LogP contribution >= 0.6 is 11.6 Å². The maximum Gasteiger partial charge on any atom is 0.275 e. The number of nitrogens with zero attached hydrogens (tertiary/aromatic N) is 2. The van der Waals surface area contributed by atoms with Crippen LogP contribution < -0.4 is 19.6 Å². The zero-order valence-electron chi connectivity index (χ0n) is 20.3. The summed E-state index contributed by atoms with van der Waals surface area (Å²) in [6.07, 6.45) is 1.47. The largest absolute Gasteiger partial charge is 0.496 e. The molecule has 0 atom stereocenters. The number of ether oxygens (including phenoxy) is 3. The summed E-state index contributed by atoms with van der Waals surface area (Å²) < 4.78 is 17.1. The first-order valence-corrected chi connectivity index (χ1v) is 11.9. The third-order valence-corrected chi connectivity index (χ3v) is 5.81. The quantitative estimate of drug-likeness (QED) is 0.215. The van der Waals surface area contributed by atoms with Gasteiger partial charge in [0.2, 0.25) is 0 Å². The van der Waals surface area contributed by atoms with Crippen LogP contribution in [0, 0.1) is 11.3 Å². The Morgan fingerprint density at radius 1 is 1.03 bits per heavy atom. The molecule has 1 amide bonds. The maximum atomic E-state index is 12.8. The molecule has 0 saturated heterocycles. The van der Waals surface area contributed by atoms with E-state index in [-0.39, 0.29) is 6.61 Å². The Morgan fingerprint density at radius 3 is 2.49 bits per heavy atom. The van der Waals surface area contributed by atoms with Gasteiger partial charge in [-0.25, -0.2) is 5.43 Å². The van der Waals surface area contributed by atoms with Gasteiger partial charge in [0.25, 0.3) is 5.91 Å². The molecular formula is C29H24ClN3O4. The number of amides is 1. The molecule has 0 fully saturated rings. The van der Waals surface area contributed by atoms with Gasteiger partial charge in [0, 0.05) is 5.56 Å². The van der Waals surface area contributed by atoms with Crippen molar-refractivity contribution in [3.63, 3.8) is 0 Å². The van der Waals surface area contributed by atoms with Gasteiger partial charge in [0.05, 0.1) is 42.2 Å². The van der Waals surface area contributed by atoms with E-state index in [9.17, 15) is 10.1 Å². The van der Waals surface area contributed by atoms with Crippen LogP contribution in [0.5, 0.6) is 17.2 Å². The second-order valence-corrected chi connectivity index (χ2v) is 8.33. The third kappa shape index (κ3) is 6.00. The number of nitrogens with one attached hydrogen (secondary N) is 1. The molecule has 8 heteroatoms. The minimum Gasteiger partial charge on any atom is -0.496 e. The Balaban J connectivity index is 1.52. The lowest BCUT2D eigenvalue weighted by Crippen LogP contribution is -2.18. The highest BCUT2D eigenvalue weighted by atomic mass is 35.5. The molecule has 0 spiro atoms. The Labute approximate surface area is 219 Å². The number of nitriles is 1. The van der Waals surface area contributed by atoms with Crippen molar-refractivity contribution < 1.29 is 19.0 Å². The molecule has 0 bridgehead atoms. The fraction of sp³-hybridized carbons (Fsp3) is 0.138. The standard InChI is InChI=1S/C29H24ClN3O4/c1-3-36-27-13-19(12-25(30)28(27)37-18-23-11-7-6-10-22(23)16-31)17-32-33-29(34)24-14-20-8-4-5-9-21(20)15-26(24)35-2/h4-15,17H,3,18H2,1-2H3,(H,33,34)/b32-17-. The number of benzene rings is 4. The zero-order chi connectivity index (χ0) is 26.2. The smallest absolute Gasteiger partial charge is 0.275 e. The number of methoxy groups -OCH3 is 1. The molecule has 0 aliphatic heterocycles. The number of hydrogen-bond donors (Lipinski definition) is 1. The average Bonchev–Trinajstić information content (AvgIpc) is 2.92. The Bertz CT molecular complexity index is 1510. The molecule has 0 aliphatic rings. The van der Waals surface area contributed by atoms with Gasteiger partial charge in [-0.05, 0) is 53.6 Å². The molecule has 4 rings (SSSR count). The van der Waals surface area contributed by atoms with E-state index < -0.39 is 5.91 Å². The van der Waals surface area contributed by atoms with Gasteiger partial charge in [-0.3, -0.25) is 4.79 Å². The summed E-state index contributed by atoms with van der Waals surface area (Å²) in [5, 5.41) is 15.6. The Morgan fingerprint density at radius 2 is 1.76 bits per heavy atom. The van der Waals surface area contributed by atoms with Gasteiger partial charge in [0.15, 0.2) is 11.5 Å². The Hall–Kier alpha value is -4.54. The van der Waals surface area contributed by atoms with E-state index in [1.807, 2.05) is 49.4 Å². The fourth-order valence-electron chi connectivity index (χ4n) is 3.76. The summed E-state index contributed by atoms with van der Waals surface area (Å²) in [5.41, 5.74) is 4.77. The fourth-order valence-corrected chi connectivity index (χ4v) is 4.04. The predicted octanol–water partition coefficient (Wildman–Crippen LogP) is 6.12. The summed E-state index contributed by atoms with van der Waals surface area (Å²) in [4.78, 5) is 12.8. The van der Waals surface area contributed by atoms with Crippen molar-refractivity contribution in [3.8, 4) is 23.3 Å².